The fourth-order valence-corrected chi connectivity index (χ4v) is 4.98. The maximum atomic E-state index is 11.3. The summed E-state index contributed by atoms with van der Waals surface area (Å²) >= 11 is 1.70. The molecule has 7 heteroatoms. The number of hydrogen-bond donors (Lipinski definition) is 2. The summed E-state index contributed by atoms with van der Waals surface area (Å²) in [6.07, 6.45) is 4.03. The minimum Gasteiger partial charge on any atom is -0.427 e. The van der Waals surface area contributed by atoms with Gasteiger partial charge < -0.3 is 19.4 Å². The summed E-state index contributed by atoms with van der Waals surface area (Å²) in [5.74, 6) is 0.322. The lowest BCUT2D eigenvalue weighted by Gasteiger charge is -2.15. The van der Waals surface area contributed by atoms with E-state index >= 15 is 0 Å². The van der Waals surface area contributed by atoms with Crippen molar-refractivity contribution in [1.82, 2.24) is 9.97 Å². The summed E-state index contributed by atoms with van der Waals surface area (Å²) in [6.45, 7) is 2.78. The molecule has 0 bridgehead atoms. The highest BCUT2D eigenvalue weighted by Gasteiger charge is 2.24. The van der Waals surface area contributed by atoms with Gasteiger partial charge >= 0.3 is 11.9 Å². The third-order valence-electron chi connectivity index (χ3n) is 5.34. The average molecular weight is 445 g/mol. The monoisotopic (exact) mass is 444 g/mol. The van der Waals surface area contributed by atoms with Crippen LogP contribution in [0.4, 0.5) is 0 Å². The molecule has 160 valence electrons. The lowest BCUT2D eigenvalue weighted by molar-refractivity contribution is -0.132. The number of ether oxygens (including phenoxy) is 2. The van der Waals surface area contributed by atoms with Crippen LogP contribution in [0.25, 0.3) is 21.8 Å². The molecule has 2 aromatic carbocycles. The molecule has 3 aromatic heterocycles. The number of fused-ring (bicyclic) bond motifs is 2. The molecule has 0 saturated heterocycles. The summed E-state index contributed by atoms with van der Waals surface area (Å²) in [7, 11) is 0. The van der Waals surface area contributed by atoms with Crippen LogP contribution in [0.1, 0.15) is 35.8 Å². The molecule has 32 heavy (non-hydrogen) atoms. The van der Waals surface area contributed by atoms with Gasteiger partial charge in [0.1, 0.15) is 11.5 Å². The Bertz CT molecular complexity index is 1350. The van der Waals surface area contributed by atoms with Gasteiger partial charge in [0.15, 0.2) is 0 Å². The van der Waals surface area contributed by atoms with Gasteiger partial charge in [0.25, 0.3) is 0 Å². The number of hydrogen-bond acceptors (Lipinski definition) is 5. The van der Waals surface area contributed by atoms with E-state index in [1.165, 1.54) is 18.7 Å². The largest absolute Gasteiger partial charge is 0.427 e. The Balaban J connectivity index is 1.63. The van der Waals surface area contributed by atoms with Gasteiger partial charge in [-0.1, -0.05) is 6.07 Å². The number of thiophene rings is 1. The number of aromatic nitrogens is 2. The molecule has 0 aliphatic rings. The number of rotatable bonds is 5. The Hall–Kier alpha value is -3.84. The Morgan fingerprint density at radius 2 is 1.34 bits per heavy atom. The zero-order valence-electron chi connectivity index (χ0n) is 17.5. The first-order valence-electron chi connectivity index (χ1n) is 10.1. The Morgan fingerprint density at radius 3 is 1.78 bits per heavy atom. The van der Waals surface area contributed by atoms with Crippen LogP contribution < -0.4 is 9.47 Å². The number of carbonyl (C=O) groups is 2. The summed E-state index contributed by atoms with van der Waals surface area (Å²) in [4.78, 5) is 30.5. The first-order chi connectivity index (χ1) is 15.5. The fourth-order valence-electron chi connectivity index (χ4n) is 4.12. The topological polar surface area (TPSA) is 84.2 Å². The number of aromatic amines is 2. The summed E-state index contributed by atoms with van der Waals surface area (Å²) in [6, 6.07) is 15.4. The third-order valence-corrected chi connectivity index (χ3v) is 6.28. The molecular formula is C25H20N2O4S. The Morgan fingerprint density at radius 1 is 0.812 bits per heavy atom. The SMILES string of the molecule is CC(=O)Oc1ccc2c(C(c3cccs3)c3c[nH]c4cc(OC(C)=O)ccc34)c[nH]c2c1. The van der Waals surface area contributed by atoms with Gasteiger partial charge in [-0.3, -0.25) is 9.59 Å². The molecule has 0 saturated carbocycles. The van der Waals surface area contributed by atoms with Gasteiger partial charge in [-0.25, -0.2) is 0 Å². The van der Waals surface area contributed by atoms with Crippen molar-refractivity contribution in [2.75, 3.05) is 0 Å². The van der Waals surface area contributed by atoms with E-state index in [1.54, 1.807) is 11.3 Å². The fraction of sp³-hybridized carbons (Fsp3) is 0.120. The summed E-state index contributed by atoms with van der Waals surface area (Å²) < 4.78 is 10.5. The highest BCUT2D eigenvalue weighted by Crippen LogP contribution is 2.42. The molecule has 6 nitrogen and oxygen atoms in total. The smallest absolute Gasteiger partial charge is 0.308 e. The van der Waals surface area contributed by atoms with E-state index in [9.17, 15) is 9.59 Å². The molecule has 5 aromatic rings. The molecule has 0 amide bonds. The van der Waals surface area contributed by atoms with Crippen LogP contribution in [-0.4, -0.2) is 21.9 Å². The molecule has 3 heterocycles. The van der Waals surface area contributed by atoms with Gasteiger partial charge in [-0.15, -0.1) is 11.3 Å². The lowest BCUT2D eigenvalue weighted by atomic mass is 9.89. The molecule has 0 atom stereocenters. The average Bonchev–Trinajstić information content (AvgIpc) is 3.49. The molecule has 0 aliphatic carbocycles. The second kappa shape index (κ2) is 8.01. The summed E-state index contributed by atoms with van der Waals surface area (Å²) in [5, 5.41) is 4.19. The Kier molecular flexibility index (Phi) is 5.03. The van der Waals surface area contributed by atoms with Gasteiger partial charge in [0.05, 0.1) is 0 Å². The number of carbonyl (C=O) groups excluding carboxylic acids is 2. The number of benzene rings is 2. The predicted molar refractivity (Wildman–Crippen MR) is 124 cm³/mol. The maximum absolute atomic E-state index is 11.3. The minimum atomic E-state index is -0.348. The van der Waals surface area contributed by atoms with Gasteiger partial charge in [-0.2, -0.15) is 0 Å². The zero-order chi connectivity index (χ0) is 22.2. The molecule has 0 unspecified atom stereocenters. The van der Waals surface area contributed by atoms with E-state index in [1.807, 2.05) is 54.9 Å². The van der Waals surface area contributed by atoms with Crippen LogP contribution in [0.5, 0.6) is 11.5 Å². The van der Waals surface area contributed by atoms with Crippen LogP contribution in [0.2, 0.25) is 0 Å². The molecule has 5 rings (SSSR count). The lowest BCUT2D eigenvalue weighted by Crippen LogP contribution is -2.02. The van der Waals surface area contributed by atoms with E-state index in [-0.39, 0.29) is 17.9 Å². The summed E-state index contributed by atoms with van der Waals surface area (Å²) in [5.41, 5.74) is 4.05. The van der Waals surface area contributed by atoms with Crippen LogP contribution >= 0.6 is 11.3 Å². The normalized spacial score (nSPS) is 11.3. The second-order valence-corrected chi connectivity index (χ2v) is 8.52. The molecule has 0 spiro atoms. The molecule has 0 fully saturated rings. The quantitative estimate of drug-likeness (QED) is 0.267. The van der Waals surface area contributed by atoms with Crippen molar-refractivity contribution in [1.29, 1.82) is 0 Å². The van der Waals surface area contributed by atoms with Crippen molar-refractivity contribution >= 4 is 45.1 Å². The van der Waals surface area contributed by atoms with Crippen molar-refractivity contribution in [3.63, 3.8) is 0 Å². The number of H-pyrrole nitrogens is 2. The Labute approximate surface area is 187 Å². The first-order valence-corrected chi connectivity index (χ1v) is 11.0. The van der Waals surface area contributed by atoms with Crippen molar-refractivity contribution in [2.24, 2.45) is 0 Å². The van der Waals surface area contributed by atoms with Gasteiger partial charge in [0.2, 0.25) is 0 Å². The molecule has 0 radical (unpaired) electrons. The van der Waals surface area contributed by atoms with Gasteiger partial charge in [0, 0.05) is 71.0 Å². The number of nitrogens with one attached hydrogen (secondary N) is 2. The molecule has 2 N–H and O–H groups in total. The van der Waals surface area contributed by atoms with Crippen LogP contribution in [0.3, 0.4) is 0 Å². The van der Waals surface area contributed by atoms with Crippen LogP contribution in [0.15, 0.2) is 66.3 Å². The predicted octanol–water partition coefficient (Wildman–Crippen LogP) is 5.74. The minimum absolute atomic E-state index is 0.00310. The van der Waals surface area contributed by atoms with E-state index in [4.69, 9.17) is 9.47 Å². The van der Waals surface area contributed by atoms with Crippen LogP contribution in [0, 0.1) is 0 Å². The maximum Gasteiger partial charge on any atom is 0.308 e. The van der Waals surface area contributed by atoms with E-state index in [0.29, 0.717) is 11.5 Å². The van der Waals surface area contributed by atoms with Crippen LogP contribution in [-0.2, 0) is 9.59 Å². The zero-order valence-corrected chi connectivity index (χ0v) is 18.3. The van der Waals surface area contributed by atoms with Crippen molar-refractivity contribution in [2.45, 2.75) is 19.8 Å². The van der Waals surface area contributed by atoms with Gasteiger partial charge in [-0.05, 0) is 46.8 Å². The van der Waals surface area contributed by atoms with Crippen molar-refractivity contribution in [3.05, 3.63) is 82.3 Å². The molecular weight excluding hydrogens is 424 g/mol. The highest BCUT2D eigenvalue weighted by molar-refractivity contribution is 7.10. The van der Waals surface area contributed by atoms with E-state index in [2.05, 4.69) is 21.4 Å². The van der Waals surface area contributed by atoms with E-state index in [0.717, 1.165) is 32.9 Å². The second-order valence-electron chi connectivity index (χ2n) is 7.54. The van der Waals surface area contributed by atoms with Crippen molar-refractivity contribution in [3.8, 4) is 11.5 Å². The standard InChI is InChI=1S/C25H20N2O4S/c1-14(28)30-16-5-7-18-20(12-26-22(18)10-16)25(24-4-3-9-32-24)21-13-27-23-11-17(31-15(2)29)6-8-19(21)23/h3-13,25-27H,1-2H3. The van der Waals surface area contributed by atoms with Crippen molar-refractivity contribution < 1.29 is 19.1 Å². The highest BCUT2D eigenvalue weighted by atomic mass is 32.1. The molecule has 0 aliphatic heterocycles. The third kappa shape index (κ3) is 3.67. The first kappa shape index (κ1) is 20.1. The number of esters is 2. The van der Waals surface area contributed by atoms with E-state index < -0.39 is 0 Å².